The number of hydrogen-bond acceptors (Lipinski definition) is 3. The van der Waals surface area contributed by atoms with Crippen molar-refractivity contribution in [3.63, 3.8) is 0 Å². The molecule has 0 fully saturated rings. The van der Waals surface area contributed by atoms with E-state index in [2.05, 4.69) is 29.9 Å². The first kappa shape index (κ1) is 25.8. The molecule has 35 heavy (non-hydrogen) atoms. The summed E-state index contributed by atoms with van der Waals surface area (Å²) in [4.78, 5) is 37.6. The van der Waals surface area contributed by atoms with Crippen LogP contribution in [0, 0.1) is 5.92 Å². The number of carbonyl (C=O) groups is 3. The smallest absolute Gasteiger partial charge is 0.336 e. The number of rotatable bonds is 7. The maximum absolute atomic E-state index is 12.8. The molecule has 8 heteroatoms. The van der Waals surface area contributed by atoms with Crippen molar-refractivity contribution in [1.82, 2.24) is 15.8 Å². The first-order valence-electron chi connectivity index (χ1n) is 11.3. The molecule has 0 spiro atoms. The molecule has 0 aliphatic rings. The average molecular weight is 493 g/mol. The van der Waals surface area contributed by atoms with Gasteiger partial charge in [-0.25, -0.2) is 9.80 Å². The van der Waals surface area contributed by atoms with Crippen LogP contribution in [0.2, 0.25) is 5.02 Å². The lowest BCUT2D eigenvalue weighted by atomic mass is 10.0. The molecular formula is C27H29ClN4O3. The fourth-order valence-corrected chi connectivity index (χ4v) is 3.70. The van der Waals surface area contributed by atoms with E-state index in [1.165, 1.54) is 12.1 Å². The van der Waals surface area contributed by atoms with E-state index < -0.39 is 11.9 Å². The number of hydrazine groups is 1. The van der Waals surface area contributed by atoms with E-state index in [0.29, 0.717) is 27.8 Å². The normalized spacial score (nSPS) is 10.5. The molecule has 3 N–H and O–H groups in total. The third-order valence-corrected chi connectivity index (χ3v) is 5.58. The first-order valence-corrected chi connectivity index (χ1v) is 11.7. The lowest BCUT2D eigenvalue weighted by Crippen LogP contribution is -2.49. The van der Waals surface area contributed by atoms with Crippen LogP contribution in [-0.2, 0) is 13.0 Å². The molecule has 3 rings (SSSR count). The number of nitrogens with one attached hydrogen (secondary N) is 3. The Hall–Kier alpha value is -3.84. The van der Waals surface area contributed by atoms with Gasteiger partial charge >= 0.3 is 6.03 Å². The minimum Gasteiger partial charge on any atom is -0.340 e. The molecule has 0 aliphatic heterocycles. The number of benzene rings is 3. The Morgan fingerprint density at radius 3 is 2.17 bits per heavy atom. The summed E-state index contributed by atoms with van der Waals surface area (Å²) >= 11 is 6.36. The van der Waals surface area contributed by atoms with Crippen LogP contribution < -0.4 is 16.1 Å². The molecule has 0 unspecified atom stereocenters. The summed E-state index contributed by atoms with van der Waals surface area (Å²) in [5.74, 6) is -0.219. The monoisotopic (exact) mass is 492 g/mol. The largest absolute Gasteiger partial charge is 0.340 e. The highest BCUT2D eigenvalue weighted by molar-refractivity contribution is 6.31. The van der Waals surface area contributed by atoms with Crippen LogP contribution in [0.1, 0.15) is 45.7 Å². The van der Waals surface area contributed by atoms with E-state index in [9.17, 15) is 14.4 Å². The molecule has 0 heterocycles. The zero-order valence-corrected chi connectivity index (χ0v) is 20.7. The van der Waals surface area contributed by atoms with Gasteiger partial charge in [-0.05, 0) is 59.9 Å². The van der Waals surface area contributed by atoms with Gasteiger partial charge < -0.3 is 10.6 Å². The van der Waals surface area contributed by atoms with Crippen LogP contribution >= 0.6 is 11.6 Å². The van der Waals surface area contributed by atoms with Crippen molar-refractivity contribution in [2.24, 2.45) is 5.92 Å². The zero-order chi connectivity index (χ0) is 25.4. The van der Waals surface area contributed by atoms with Gasteiger partial charge in [-0.1, -0.05) is 61.8 Å². The number of amides is 4. The highest BCUT2D eigenvalue weighted by Crippen LogP contribution is 2.21. The number of nitrogens with zero attached hydrogens (tertiary/aromatic N) is 1. The van der Waals surface area contributed by atoms with E-state index in [1.54, 1.807) is 60.7 Å². The van der Waals surface area contributed by atoms with Crippen molar-refractivity contribution in [3.05, 3.63) is 100 Å². The van der Waals surface area contributed by atoms with Gasteiger partial charge in [0.05, 0.1) is 6.54 Å². The lowest BCUT2D eigenvalue weighted by Gasteiger charge is -2.23. The van der Waals surface area contributed by atoms with E-state index in [0.717, 1.165) is 17.5 Å². The van der Waals surface area contributed by atoms with Gasteiger partial charge in [0, 0.05) is 28.9 Å². The van der Waals surface area contributed by atoms with Crippen molar-refractivity contribution in [2.45, 2.75) is 26.8 Å². The summed E-state index contributed by atoms with van der Waals surface area (Å²) in [7, 11) is 1.49. The summed E-state index contributed by atoms with van der Waals surface area (Å²) in [6.07, 6.45) is 0.812. The van der Waals surface area contributed by atoms with Crippen LogP contribution in [0.25, 0.3) is 0 Å². The molecule has 3 aromatic carbocycles. The van der Waals surface area contributed by atoms with Crippen LogP contribution in [0.15, 0.2) is 72.8 Å². The van der Waals surface area contributed by atoms with Crippen LogP contribution in [0.4, 0.5) is 10.5 Å². The highest BCUT2D eigenvalue weighted by Gasteiger charge is 2.18. The molecule has 0 saturated heterocycles. The van der Waals surface area contributed by atoms with Gasteiger partial charge in [-0.3, -0.25) is 15.0 Å². The molecule has 3 aromatic rings. The Labute approximate surface area is 210 Å². The molecule has 0 bridgehead atoms. The van der Waals surface area contributed by atoms with E-state index in [1.807, 2.05) is 12.1 Å². The zero-order valence-electron chi connectivity index (χ0n) is 20.0. The summed E-state index contributed by atoms with van der Waals surface area (Å²) < 4.78 is 0. The molecule has 0 aliphatic carbocycles. The maximum Gasteiger partial charge on any atom is 0.336 e. The Balaban J connectivity index is 1.67. The lowest BCUT2D eigenvalue weighted by molar-refractivity contribution is 0.0818. The SMILES string of the molecule is CNC(=O)N(Cc1ccc(NC(=O)c2ccccc2)cc1)NC(=O)c1ccc(CC(C)C)c(Cl)c1. The second-order valence-electron chi connectivity index (χ2n) is 8.50. The Morgan fingerprint density at radius 2 is 1.57 bits per heavy atom. The van der Waals surface area contributed by atoms with Gasteiger partial charge in [0.15, 0.2) is 0 Å². The minimum absolute atomic E-state index is 0.123. The summed E-state index contributed by atoms with van der Waals surface area (Å²) in [5.41, 5.74) is 5.91. The van der Waals surface area contributed by atoms with Crippen molar-refractivity contribution >= 4 is 35.1 Å². The molecule has 0 radical (unpaired) electrons. The third-order valence-electron chi connectivity index (χ3n) is 5.23. The fraction of sp³-hybridized carbons (Fsp3) is 0.222. The standard InChI is InChI=1S/C27H29ClN4O3/c1-18(2)15-21-11-12-22(16-24(21)28)26(34)31-32(27(35)29-3)17-19-9-13-23(14-10-19)30-25(33)20-7-5-4-6-8-20/h4-14,16,18H,15,17H2,1-3H3,(H,29,35)(H,30,33)(H,31,34). The topological polar surface area (TPSA) is 90.5 Å². The Morgan fingerprint density at radius 1 is 0.886 bits per heavy atom. The number of anilines is 1. The average Bonchev–Trinajstić information content (AvgIpc) is 2.85. The molecule has 182 valence electrons. The summed E-state index contributed by atoms with van der Waals surface area (Å²) in [6.45, 7) is 4.32. The van der Waals surface area contributed by atoms with Gasteiger partial charge in [0.25, 0.3) is 11.8 Å². The van der Waals surface area contributed by atoms with E-state index >= 15 is 0 Å². The molecule has 7 nitrogen and oxygen atoms in total. The van der Waals surface area contributed by atoms with E-state index in [4.69, 9.17) is 11.6 Å². The number of urea groups is 1. The Bertz CT molecular complexity index is 1180. The maximum atomic E-state index is 12.8. The molecule has 0 aromatic heterocycles. The van der Waals surface area contributed by atoms with Crippen molar-refractivity contribution in [3.8, 4) is 0 Å². The molecule has 0 atom stereocenters. The first-order chi connectivity index (χ1) is 16.8. The predicted molar refractivity (Wildman–Crippen MR) is 138 cm³/mol. The van der Waals surface area contributed by atoms with Gasteiger partial charge in [-0.15, -0.1) is 0 Å². The van der Waals surface area contributed by atoms with Gasteiger partial charge in [-0.2, -0.15) is 0 Å². The predicted octanol–water partition coefficient (Wildman–Crippen LogP) is 5.28. The van der Waals surface area contributed by atoms with Crippen LogP contribution in [-0.4, -0.2) is 29.9 Å². The summed E-state index contributed by atoms with van der Waals surface area (Å²) in [5, 5.41) is 7.07. The molecule has 4 amide bonds. The quantitative estimate of drug-likeness (QED) is 0.392. The summed E-state index contributed by atoms with van der Waals surface area (Å²) in [6, 6.07) is 20.6. The molecular weight excluding hydrogens is 464 g/mol. The number of hydrogen-bond donors (Lipinski definition) is 3. The van der Waals surface area contributed by atoms with Crippen LogP contribution in [0.5, 0.6) is 0 Å². The minimum atomic E-state index is -0.470. The van der Waals surface area contributed by atoms with Crippen molar-refractivity contribution < 1.29 is 14.4 Å². The van der Waals surface area contributed by atoms with Gasteiger partial charge in [0.1, 0.15) is 0 Å². The number of carbonyl (C=O) groups excluding carboxylic acids is 3. The fourth-order valence-electron chi connectivity index (χ4n) is 3.45. The van der Waals surface area contributed by atoms with Crippen molar-refractivity contribution in [1.29, 1.82) is 0 Å². The van der Waals surface area contributed by atoms with Crippen LogP contribution in [0.3, 0.4) is 0 Å². The second-order valence-corrected chi connectivity index (χ2v) is 8.91. The highest BCUT2D eigenvalue weighted by atomic mass is 35.5. The number of halogens is 1. The molecule has 0 saturated carbocycles. The third kappa shape index (κ3) is 7.32. The van der Waals surface area contributed by atoms with E-state index in [-0.39, 0.29) is 12.5 Å². The second kappa shape index (κ2) is 12.0. The Kier molecular flexibility index (Phi) is 8.86. The van der Waals surface area contributed by atoms with Gasteiger partial charge in [0.2, 0.25) is 0 Å². The van der Waals surface area contributed by atoms with Crippen molar-refractivity contribution in [2.75, 3.05) is 12.4 Å².